The lowest BCUT2D eigenvalue weighted by Crippen LogP contribution is -2.41. The van der Waals surface area contributed by atoms with Gasteiger partial charge in [-0.15, -0.1) is 0 Å². The van der Waals surface area contributed by atoms with Gasteiger partial charge in [0.05, 0.1) is 12.7 Å². The van der Waals surface area contributed by atoms with E-state index in [4.69, 9.17) is 9.47 Å². The fraction of sp³-hybridized carbons (Fsp3) is 0.611. The Morgan fingerprint density at radius 1 is 1.14 bits per heavy atom. The molecule has 1 amide bonds. The third kappa shape index (κ3) is 6.06. The molecule has 0 atom stereocenters. The van der Waals surface area contributed by atoms with Crippen molar-refractivity contribution < 1.29 is 14.3 Å². The first-order valence-corrected chi connectivity index (χ1v) is 8.07. The maximum atomic E-state index is 11.8. The number of rotatable bonds is 4. The molecular weight excluding hydrogens is 278 g/mol. The van der Waals surface area contributed by atoms with Crippen LogP contribution in [-0.2, 0) is 16.1 Å². The average molecular weight is 305 g/mol. The van der Waals surface area contributed by atoms with E-state index >= 15 is 0 Å². The second-order valence-corrected chi connectivity index (χ2v) is 6.92. The number of ether oxygens (including phenoxy) is 2. The van der Waals surface area contributed by atoms with Crippen LogP contribution in [0.1, 0.15) is 52.0 Å². The normalized spacial score (nSPS) is 22.1. The van der Waals surface area contributed by atoms with E-state index < -0.39 is 5.60 Å². The van der Waals surface area contributed by atoms with Crippen molar-refractivity contribution in [2.75, 3.05) is 0 Å². The summed E-state index contributed by atoms with van der Waals surface area (Å²) in [7, 11) is 0. The average Bonchev–Trinajstić information content (AvgIpc) is 2.45. The van der Waals surface area contributed by atoms with Gasteiger partial charge >= 0.3 is 6.09 Å². The van der Waals surface area contributed by atoms with Gasteiger partial charge in [0.25, 0.3) is 0 Å². The van der Waals surface area contributed by atoms with Crippen molar-refractivity contribution >= 4 is 6.09 Å². The minimum atomic E-state index is -0.444. The molecule has 1 saturated carbocycles. The number of carbonyl (C=O) groups excluding carboxylic acids is 1. The van der Waals surface area contributed by atoms with Crippen LogP contribution in [0.25, 0.3) is 0 Å². The number of amides is 1. The molecule has 0 aliphatic heterocycles. The Hall–Kier alpha value is -1.55. The lowest BCUT2D eigenvalue weighted by Gasteiger charge is -2.30. The van der Waals surface area contributed by atoms with Crippen molar-refractivity contribution in [2.24, 2.45) is 0 Å². The molecule has 0 bridgehead atoms. The summed E-state index contributed by atoms with van der Waals surface area (Å²) >= 11 is 0. The minimum absolute atomic E-state index is 0.200. The van der Waals surface area contributed by atoms with E-state index in [2.05, 4.69) is 17.4 Å². The van der Waals surface area contributed by atoms with Crippen molar-refractivity contribution in [1.82, 2.24) is 5.32 Å². The highest BCUT2D eigenvalue weighted by molar-refractivity contribution is 5.68. The smallest absolute Gasteiger partial charge is 0.407 e. The Bertz CT molecular complexity index is 459. The number of hydrogen-bond acceptors (Lipinski definition) is 3. The molecule has 22 heavy (non-hydrogen) atoms. The van der Waals surface area contributed by atoms with Gasteiger partial charge in [0, 0.05) is 6.04 Å². The summed E-state index contributed by atoms with van der Waals surface area (Å²) in [4.78, 5) is 11.8. The summed E-state index contributed by atoms with van der Waals surface area (Å²) in [5.74, 6) is 0. The fourth-order valence-corrected chi connectivity index (χ4v) is 2.64. The molecule has 122 valence electrons. The number of hydrogen-bond donors (Lipinski definition) is 1. The highest BCUT2D eigenvalue weighted by Gasteiger charge is 2.25. The fourth-order valence-electron chi connectivity index (χ4n) is 2.64. The van der Waals surface area contributed by atoms with Gasteiger partial charge in [-0.3, -0.25) is 0 Å². The number of alkyl carbamates (subject to hydrolysis) is 1. The lowest BCUT2D eigenvalue weighted by atomic mass is 9.93. The minimum Gasteiger partial charge on any atom is -0.444 e. The molecule has 0 unspecified atom stereocenters. The zero-order chi connectivity index (χ0) is 16.0. The zero-order valence-electron chi connectivity index (χ0n) is 13.8. The van der Waals surface area contributed by atoms with Gasteiger partial charge in [-0.05, 0) is 52.0 Å². The summed E-state index contributed by atoms with van der Waals surface area (Å²) in [5.41, 5.74) is 0.761. The van der Waals surface area contributed by atoms with E-state index in [9.17, 15) is 4.79 Å². The van der Waals surface area contributed by atoms with Crippen LogP contribution >= 0.6 is 0 Å². The van der Waals surface area contributed by atoms with E-state index in [1.54, 1.807) is 0 Å². The molecular formula is C18H27NO3. The highest BCUT2D eigenvalue weighted by Crippen LogP contribution is 2.22. The van der Waals surface area contributed by atoms with Gasteiger partial charge in [-0.1, -0.05) is 30.3 Å². The summed E-state index contributed by atoms with van der Waals surface area (Å²) < 4.78 is 11.3. The third-order valence-electron chi connectivity index (χ3n) is 3.72. The summed E-state index contributed by atoms with van der Waals surface area (Å²) in [6, 6.07) is 10.4. The number of carbonyl (C=O) groups is 1. The van der Waals surface area contributed by atoms with Crippen LogP contribution < -0.4 is 5.32 Å². The SMILES string of the molecule is CC(C)(C)OC(=O)NC1CCC(OCc2ccccc2)CC1. The van der Waals surface area contributed by atoms with Gasteiger partial charge in [-0.2, -0.15) is 0 Å². The molecule has 1 aliphatic carbocycles. The number of nitrogens with one attached hydrogen (secondary N) is 1. The van der Waals surface area contributed by atoms with Gasteiger partial charge in [0.2, 0.25) is 0 Å². The Balaban J connectivity index is 1.66. The maximum absolute atomic E-state index is 11.8. The van der Waals surface area contributed by atoms with Gasteiger partial charge in [0.15, 0.2) is 0 Å². The van der Waals surface area contributed by atoms with Crippen LogP contribution in [0.15, 0.2) is 30.3 Å². The van der Waals surface area contributed by atoms with E-state index in [1.165, 1.54) is 5.56 Å². The quantitative estimate of drug-likeness (QED) is 0.913. The predicted octanol–water partition coefficient (Wildman–Crippen LogP) is 4.04. The standard InChI is InChI=1S/C18H27NO3/c1-18(2,3)22-17(20)19-15-9-11-16(12-10-15)21-13-14-7-5-4-6-8-14/h4-8,15-16H,9-13H2,1-3H3,(H,19,20). The van der Waals surface area contributed by atoms with Crippen LogP contribution in [0.3, 0.4) is 0 Å². The topological polar surface area (TPSA) is 47.6 Å². The van der Waals surface area contributed by atoms with Crippen LogP contribution in [0.4, 0.5) is 4.79 Å². The van der Waals surface area contributed by atoms with E-state index in [0.29, 0.717) is 6.61 Å². The highest BCUT2D eigenvalue weighted by atomic mass is 16.6. The van der Waals surface area contributed by atoms with Gasteiger partial charge in [-0.25, -0.2) is 4.79 Å². The molecule has 0 spiro atoms. The molecule has 0 aromatic heterocycles. The Morgan fingerprint density at radius 3 is 2.36 bits per heavy atom. The molecule has 0 radical (unpaired) electrons. The van der Waals surface area contributed by atoms with Gasteiger partial charge in [0.1, 0.15) is 5.60 Å². The van der Waals surface area contributed by atoms with Crippen LogP contribution in [-0.4, -0.2) is 23.8 Å². The zero-order valence-corrected chi connectivity index (χ0v) is 13.8. The number of benzene rings is 1. The lowest BCUT2D eigenvalue weighted by molar-refractivity contribution is 0.00835. The van der Waals surface area contributed by atoms with Crippen molar-refractivity contribution in [3.8, 4) is 0 Å². The first-order chi connectivity index (χ1) is 10.4. The van der Waals surface area contributed by atoms with E-state index in [0.717, 1.165) is 25.7 Å². The maximum Gasteiger partial charge on any atom is 0.407 e. The molecule has 1 fully saturated rings. The molecule has 0 heterocycles. The molecule has 4 nitrogen and oxygen atoms in total. The second kappa shape index (κ2) is 7.63. The Morgan fingerprint density at radius 2 is 1.77 bits per heavy atom. The molecule has 1 aromatic rings. The third-order valence-corrected chi connectivity index (χ3v) is 3.72. The van der Waals surface area contributed by atoms with Crippen molar-refractivity contribution in [3.05, 3.63) is 35.9 Å². The van der Waals surface area contributed by atoms with Crippen LogP contribution in [0.2, 0.25) is 0 Å². The Labute approximate surface area is 133 Å². The molecule has 4 heteroatoms. The largest absolute Gasteiger partial charge is 0.444 e. The second-order valence-electron chi connectivity index (χ2n) is 6.92. The first-order valence-electron chi connectivity index (χ1n) is 8.07. The van der Waals surface area contributed by atoms with E-state index in [-0.39, 0.29) is 18.2 Å². The molecule has 2 rings (SSSR count). The van der Waals surface area contributed by atoms with Gasteiger partial charge < -0.3 is 14.8 Å². The summed E-state index contributed by atoms with van der Waals surface area (Å²) in [6.07, 6.45) is 3.82. The van der Waals surface area contributed by atoms with Crippen molar-refractivity contribution in [1.29, 1.82) is 0 Å². The summed E-state index contributed by atoms with van der Waals surface area (Å²) in [5, 5.41) is 2.95. The molecule has 0 saturated heterocycles. The van der Waals surface area contributed by atoms with Crippen LogP contribution in [0, 0.1) is 0 Å². The molecule has 1 N–H and O–H groups in total. The summed E-state index contributed by atoms with van der Waals surface area (Å²) in [6.45, 7) is 6.29. The van der Waals surface area contributed by atoms with Crippen molar-refractivity contribution in [3.63, 3.8) is 0 Å². The molecule has 1 aromatic carbocycles. The predicted molar refractivity (Wildman–Crippen MR) is 86.6 cm³/mol. The van der Waals surface area contributed by atoms with Crippen LogP contribution in [0.5, 0.6) is 0 Å². The Kier molecular flexibility index (Phi) is 5.83. The first kappa shape index (κ1) is 16.8. The monoisotopic (exact) mass is 305 g/mol. The van der Waals surface area contributed by atoms with E-state index in [1.807, 2.05) is 39.0 Å². The van der Waals surface area contributed by atoms with Crippen molar-refractivity contribution in [2.45, 2.75) is 70.8 Å². The molecule has 1 aliphatic rings.